The normalized spacial score (nSPS) is 12.1. The Labute approximate surface area is 93.3 Å². The summed E-state index contributed by atoms with van der Waals surface area (Å²) in [4.78, 5) is 0. The minimum atomic E-state index is 0.249. The summed E-state index contributed by atoms with van der Waals surface area (Å²) in [6.45, 7) is 0.879. The molecule has 0 atom stereocenters. The van der Waals surface area contributed by atoms with Gasteiger partial charge in [-0.1, -0.05) is 23.4 Å². The third-order valence-electron chi connectivity index (χ3n) is 1.95. The second kappa shape index (κ2) is 4.43. The number of hydrogen-bond acceptors (Lipinski definition) is 3. The van der Waals surface area contributed by atoms with E-state index in [0.29, 0.717) is 23.1 Å². The molecule has 0 radical (unpaired) electrons. The molecule has 0 spiro atoms. The van der Waals surface area contributed by atoms with Gasteiger partial charge in [0.05, 0.1) is 11.6 Å². The molecule has 0 saturated heterocycles. The highest BCUT2D eigenvalue weighted by Gasteiger charge is 2.15. The molecule has 0 saturated carbocycles. The van der Waals surface area contributed by atoms with Crippen LogP contribution in [-0.4, -0.2) is 20.4 Å². The van der Waals surface area contributed by atoms with Crippen molar-refractivity contribution in [1.82, 2.24) is 5.32 Å². The van der Waals surface area contributed by atoms with Crippen molar-refractivity contribution in [3.8, 4) is 23.3 Å². The molecule has 1 aliphatic heterocycles. The van der Waals surface area contributed by atoms with Crippen LogP contribution in [0.4, 0.5) is 0 Å². The number of fused-ring (bicyclic) bond motifs is 1. The Bertz CT molecular complexity index is 434. The maximum Gasteiger partial charge on any atom is 0.231 e. The van der Waals surface area contributed by atoms with Gasteiger partial charge in [0.25, 0.3) is 0 Å². The Morgan fingerprint density at radius 3 is 2.87 bits per heavy atom. The van der Waals surface area contributed by atoms with E-state index in [1.54, 1.807) is 12.1 Å². The first kappa shape index (κ1) is 10.2. The van der Waals surface area contributed by atoms with Crippen LogP contribution in [0.15, 0.2) is 12.1 Å². The first-order chi connectivity index (χ1) is 7.31. The third-order valence-corrected chi connectivity index (χ3v) is 2.26. The molecule has 0 bridgehead atoms. The summed E-state index contributed by atoms with van der Waals surface area (Å²) in [5.74, 6) is 7.29. The standard InChI is InChI=1S/C11H10ClNO2/c1-13-4-2-3-8-5-10-11(6-9(8)12)15-7-14-10/h5-6,13H,4,7H2,1H3. The molecular weight excluding hydrogens is 214 g/mol. The van der Waals surface area contributed by atoms with Crippen molar-refractivity contribution in [1.29, 1.82) is 0 Å². The molecule has 3 nitrogen and oxygen atoms in total. The van der Waals surface area contributed by atoms with Crippen LogP contribution in [0.3, 0.4) is 0 Å². The van der Waals surface area contributed by atoms with Crippen LogP contribution in [0.1, 0.15) is 5.56 Å². The molecule has 1 aromatic carbocycles. The van der Waals surface area contributed by atoms with Gasteiger partial charge in [-0.05, 0) is 7.05 Å². The minimum Gasteiger partial charge on any atom is -0.454 e. The summed E-state index contributed by atoms with van der Waals surface area (Å²) < 4.78 is 10.4. The number of halogens is 1. The fourth-order valence-corrected chi connectivity index (χ4v) is 1.44. The molecule has 0 aromatic heterocycles. The lowest BCUT2D eigenvalue weighted by Crippen LogP contribution is -2.04. The van der Waals surface area contributed by atoms with Gasteiger partial charge in [0.2, 0.25) is 6.79 Å². The monoisotopic (exact) mass is 223 g/mol. The Hall–Kier alpha value is -1.37. The van der Waals surface area contributed by atoms with E-state index in [1.165, 1.54) is 0 Å². The zero-order valence-corrected chi connectivity index (χ0v) is 9.02. The second-order valence-electron chi connectivity index (χ2n) is 3.02. The van der Waals surface area contributed by atoms with Crippen LogP contribution < -0.4 is 14.8 Å². The fourth-order valence-electron chi connectivity index (χ4n) is 1.24. The highest BCUT2D eigenvalue weighted by atomic mass is 35.5. The lowest BCUT2D eigenvalue weighted by Gasteiger charge is -1.99. The molecule has 1 heterocycles. The summed E-state index contributed by atoms with van der Waals surface area (Å²) >= 11 is 6.03. The Kier molecular flexibility index (Phi) is 3.00. The van der Waals surface area contributed by atoms with E-state index < -0.39 is 0 Å². The van der Waals surface area contributed by atoms with Gasteiger partial charge in [0, 0.05) is 17.7 Å². The largest absolute Gasteiger partial charge is 0.454 e. The van der Waals surface area contributed by atoms with Gasteiger partial charge in [-0.15, -0.1) is 0 Å². The smallest absolute Gasteiger partial charge is 0.231 e. The highest BCUT2D eigenvalue weighted by Crippen LogP contribution is 2.36. The van der Waals surface area contributed by atoms with Crippen molar-refractivity contribution in [3.63, 3.8) is 0 Å². The van der Waals surface area contributed by atoms with Crippen molar-refractivity contribution in [3.05, 3.63) is 22.7 Å². The number of benzene rings is 1. The average Bonchev–Trinajstić information content (AvgIpc) is 2.65. The Morgan fingerprint density at radius 2 is 2.13 bits per heavy atom. The third kappa shape index (κ3) is 2.17. The molecule has 4 heteroatoms. The molecule has 0 aliphatic carbocycles. The maximum atomic E-state index is 6.03. The summed E-state index contributed by atoms with van der Waals surface area (Å²) in [5.41, 5.74) is 0.760. The van der Waals surface area contributed by atoms with E-state index >= 15 is 0 Å². The van der Waals surface area contributed by atoms with Gasteiger partial charge in [-0.25, -0.2) is 0 Å². The summed E-state index contributed by atoms with van der Waals surface area (Å²) in [6, 6.07) is 3.53. The van der Waals surface area contributed by atoms with E-state index in [1.807, 2.05) is 7.05 Å². The minimum absolute atomic E-state index is 0.249. The fraction of sp³-hybridized carbons (Fsp3) is 0.273. The summed E-state index contributed by atoms with van der Waals surface area (Å²) in [6.07, 6.45) is 0. The van der Waals surface area contributed by atoms with Crippen molar-refractivity contribution in [2.75, 3.05) is 20.4 Å². The van der Waals surface area contributed by atoms with Gasteiger partial charge in [0.15, 0.2) is 11.5 Å². The Balaban J connectivity index is 2.30. The summed E-state index contributed by atoms with van der Waals surface area (Å²) in [5, 5.41) is 3.52. The van der Waals surface area contributed by atoms with Gasteiger partial charge >= 0.3 is 0 Å². The molecule has 1 aliphatic rings. The van der Waals surface area contributed by atoms with Gasteiger partial charge in [-0.2, -0.15) is 0 Å². The molecule has 0 amide bonds. The van der Waals surface area contributed by atoms with Crippen LogP contribution in [-0.2, 0) is 0 Å². The first-order valence-corrected chi connectivity index (χ1v) is 4.91. The molecule has 2 rings (SSSR count). The van der Waals surface area contributed by atoms with Crippen molar-refractivity contribution < 1.29 is 9.47 Å². The van der Waals surface area contributed by atoms with Crippen LogP contribution in [0.5, 0.6) is 11.5 Å². The average molecular weight is 224 g/mol. The molecular formula is C11H10ClNO2. The van der Waals surface area contributed by atoms with Crippen LogP contribution in [0.2, 0.25) is 5.02 Å². The van der Waals surface area contributed by atoms with Crippen molar-refractivity contribution in [2.45, 2.75) is 0 Å². The predicted molar refractivity (Wildman–Crippen MR) is 58.4 cm³/mol. The number of ether oxygens (including phenoxy) is 2. The zero-order chi connectivity index (χ0) is 10.7. The Morgan fingerprint density at radius 1 is 1.40 bits per heavy atom. The molecule has 0 fully saturated rings. The number of nitrogens with one attached hydrogen (secondary N) is 1. The topological polar surface area (TPSA) is 30.5 Å². The first-order valence-electron chi connectivity index (χ1n) is 4.54. The number of rotatable bonds is 1. The number of hydrogen-bond donors (Lipinski definition) is 1. The molecule has 0 unspecified atom stereocenters. The molecule has 1 N–H and O–H groups in total. The van der Waals surface area contributed by atoms with E-state index in [9.17, 15) is 0 Å². The molecule has 15 heavy (non-hydrogen) atoms. The lowest BCUT2D eigenvalue weighted by atomic mass is 10.2. The van der Waals surface area contributed by atoms with E-state index in [4.69, 9.17) is 21.1 Å². The van der Waals surface area contributed by atoms with E-state index in [2.05, 4.69) is 17.2 Å². The van der Waals surface area contributed by atoms with Gasteiger partial charge in [-0.3, -0.25) is 0 Å². The van der Waals surface area contributed by atoms with Crippen LogP contribution in [0, 0.1) is 11.8 Å². The highest BCUT2D eigenvalue weighted by molar-refractivity contribution is 6.32. The van der Waals surface area contributed by atoms with Crippen molar-refractivity contribution >= 4 is 11.6 Å². The summed E-state index contributed by atoms with van der Waals surface area (Å²) in [7, 11) is 1.84. The molecule has 1 aromatic rings. The zero-order valence-electron chi connectivity index (χ0n) is 8.26. The SMILES string of the molecule is CNCC#Cc1cc2c(cc1Cl)OCO2. The quantitative estimate of drug-likeness (QED) is 0.735. The van der Waals surface area contributed by atoms with Gasteiger partial charge in [0.1, 0.15) is 0 Å². The molecule has 78 valence electrons. The predicted octanol–water partition coefficient (Wildman–Crippen LogP) is 1.64. The van der Waals surface area contributed by atoms with E-state index in [0.717, 1.165) is 5.56 Å². The van der Waals surface area contributed by atoms with Crippen LogP contribution in [0.25, 0.3) is 0 Å². The van der Waals surface area contributed by atoms with E-state index in [-0.39, 0.29) is 6.79 Å². The van der Waals surface area contributed by atoms with Gasteiger partial charge < -0.3 is 14.8 Å². The van der Waals surface area contributed by atoms with Crippen LogP contribution >= 0.6 is 11.6 Å². The second-order valence-corrected chi connectivity index (χ2v) is 3.42. The lowest BCUT2D eigenvalue weighted by molar-refractivity contribution is 0.174. The maximum absolute atomic E-state index is 6.03. The van der Waals surface area contributed by atoms with Crippen molar-refractivity contribution in [2.24, 2.45) is 0 Å².